The minimum atomic E-state index is -0.340. The van der Waals surface area contributed by atoms with E-state index in [9.17, 15) is 4.79 Å². The van der Waals surface area contributed by atoms with Gasteiger partial charge in [-0.3, -0.25) is 10.1 Å². The van der Waals surface area contributed by atoms with Crippen molar-refractivity contribution >= 4 is 22.9 Å². The summed E-state index contributed by atoms with van der Waals surface area (Å²) in [5.74, 6) is 1.31. The van der Waals surface area contributed by atoms with Crippen LogP contribution in [0.4, 0.5) is 5.95 Å². The Bertz CT molecular complexity index is 949. The molecule has 0 aliphatic carbocycles. The smallest absolute Gasteiger partial charge is 0.261 e. The quantitative estimate of drug-likeness (QED) is 0.734. The maximum Gasteiger partial charge on any atom is 0.261 e. The van der Waals surface area contributed by atoms with Gasteiger partial charge in [-0.15, -0.1) is 0 Å². The number of aryl methyl sites for hydroxylation is 1. The molecule has 1 amide bonds. The molecule has 0 spiro atoms. The minimum Gasteiger partial charge on any atom is -0.493 e. The van der Waals surface area contributed by atoms with Crippen molar-refractivity contribution < 1.29 is 19.0 Å². The number of hydrogen-bond donors (Lipinski definition) is 1. The number of carbonyl (C=O) groups excluding carboxylic acids is 1. The molecule has 0 atom stereocenters. The third-order valence-corrected chi connectivity index (χ3v) is 4.14. The van der Waals surface area contributed by atoms with E-state index >= 15 is 0 Å². The molecule has 1 heterocycles. The molecule has 0 radical (unpaired) electrons. The van der Waals surface area contributed by atoms with Gasteiger partial charge in [-0.25, -0.2) is 4.98 Å². The number of nitrogens with one attached hydrogen (secondary N) is 1. The van der Waals surface area contributed by atoms with Gasteiger partial charge >= 0.3 is 0 Å². The summed E-state index contributed by atoms with van der Waals surface area (Å²) in [4.78, 5) is 17.4. The normalized spacial score (nSPS) is 10.6. The predicted molar refractivity (Wildman–Crippen MR) is 99.5 cm³/mol. The Balaban J connectivity index is 2.01. The van der Waals surface area contributed by atoms with E-state index in [2.05, 4.69) is 10.3 Å². The van der Waals surface area contributed by atoms with Crippen molar-refractivity contribution in [3.05, 3.63) is 42.0 Å². The van der Waals surface area contributed by atoms with Crippen LogP contribution >= 0.6 is 0 Å². The predicted octanol–water partition coefficient (Wildman–Crippen LogP) is 3.33. The van der Waals surface area contributed by atoms with E-state index in [1.54, 1.807) is 12.1 Å². The molecule has 0 unspecified atom stereocenters. The van der Waals surface area contributed by atoms with Gasteiger partial charge < -0.3 is 18.8 Å². The van der Waals surface area contributed by atoms with E-state index in [0.717, 1.165) is 11.0 Å². The van der Waals surface area contributed by atoms with Crippen molar-refractivity contribution in [1.29, 1.82) is 0 Å². The molecule has 1 aromatic heterocycles. The lowest BCUT2D eigenvalue weighted by molar-refractivity contribution is 0.102. The lowest BCUT2D eigenvalue weighted by Crippen LogP contribution is -2.17. The number of ether oxygens (including phenoxy) is 3. The fourth-order valence-electron chi connectivity index (χ4n) is 2.94. The average molecular weight is 355 g/mol. The van der Waals surface area contributed by atoms with E-state index in [4.69, 9.17) is 14.2 Å². The molecular weight excluding hydrogens is 334 g/mol. The summed E-state index contributed by atoms with van der Waals surface area (Å²) in [6, 6.07) is 11.0. The summed E-state index contributed by atoms with van der Waals surface area (Å²) in [5.41, 5.74) is 2.12. The zero-order valence-electron chi connectivity index (χ0n) is 15.2. The van der Waals surface area contributed by atoms with Crippen molar-refractivity contribution in [2.45, 2.75) is 13.5 Å². The number of amides is 1. The van der Waals surface area contributed by atoms with E-state index in [-0.39, 0.29) is 5.91 Å². The molecular formula is C19H21N3O4. The molecule has 136 valence electrons. The first-order chi connectivity index (χ1) is 12.6. The highest BCUT2D eigenvalue weighted by atomic mass is 16.5. The number of nitrogens with zero attached hydrogens (tertiary/aromatic N) is 2. The van der Waals surface area contributed by atoms with E-state index in [0.29, 0.717) is 35.3 Å². The summed E-state index contributed by atoms with van der Waals surface area (Å²) < 4.78 is 17.9. The summed E-state index contributed by atoms with van der Waals surface area (Å²) in [6.07, 6.45) is 0. The Morgan fingerprint density at radius 2 is 1.77 bits per heavy atom. The summed E-state index contributed by atoms with van der Waals surface area (Å²) in [7, 11) is 4.51. The van der Waals surface area contributed by atoms with Gasteiger partial charge in [0.2, 0.25) is 11.7 Å². The number of anilines is 1. The second-order valence-corrected chi connectivity index (χ2v) is 5.50. The summed E-state index contributed by atoms with van der Waals surface area (Å²) >= 11 is 0. The highest BCUT2D eigenvalue weighted by Gasteiger charge is 2.22. The van der Waals surface area contributed by atoms with Crippen LogP contribution in [0.2, 0.25) is 0 Å². The van der Waals surface area contributed by atoms with Gasteiger partial charge in [0.1, 0.15) is 0 Å². The molecule has 0 aliphatic rings. The number of hydrogen-bond acceptors (Lipinski definition) is 5. The van der Waals surface area contributed by atoms with Gasteiger partial charge in [-0.2, -0.15) is 0 Å². The number of rotatable bonds is 6. The molecule has 7 nitrogen and oxygen atoms in total. The van der Waals surface area contributed by atoms with Crippen molar-refractivity contribution in [3.8, 4) is 17.2 Å². The van der Waals surface area contributed by atoms with Crippen LogP contribution in [0.15, 0.2) is 36.4 Å². The fraction of sp³-hybridized carbons (Fsp3) is 0.263. The van der Waals surface area contributed by atoms with E-state index < -0.39 is 0 Å². The van der Waals surface area contributed by atoms with Crippen molar-refractivity contribution in [2.75, 3.05) is 26.6 Å². The maximum absolute atomic E-state index is 12.9. The maximum atomic E-state index is 12.9. The minimum absolute atomic E-state index is 0.309. The fourth-order valence-corrected chi connectivity index (χ4v) is 2.94. The van der Waals surface area contributed by atoms with Crippen molar-refractivity contribution in [3.63, 3.8) is 0 Å². The van der Waals surface area contributed by atoms with E-state index in [1.165, 1.54) is 21.3 Å². The average Bonchev–Trinajstić information content (AvgIpc) is 3.03. The molecule has 1 N–H and O–H groups in total. The Morgan fingerprint density at radius 3 is 2.42 bits per heavy atom. The molecule has 0 aliphatic heterocycles. The molecule has 0 saturated carbocycles. The van der Waals surface area contributed by atoms with Gasteiger partial charge in [0, 0.05) is 6.54 Å². The van der Waals surface area contributed by atoms with Crippen molar-refractivity contribution in [1.82, 2.24) is 9.55 Å². The number of carbonyl (C=O) groups is 1. The van der Waals surface area contributed by atoms with Gasteiger partial charge in [-0.1, -0.05) is 12.1 Å². The van der Waals surface area contributed by atoms with Crippen LogP contribution < -0.4 is 19.5 Å². The van der Waals surface area contributed by atoms with Crippen LogP contribution in [0, 0.1) is 0 Å². The van der Waals surface area contributed by atoms with Crippen LogP contribution in [0.5, 0.6) is 17.2 Å². The molecule has 3 aromatic rings. The number of imidazole rings is 1. The SMILES string of the molecule is CCn1c(NC(=O)c2ccc(OC)c(OC)c2OC)nc2ccccc21. The van der Waals surface area contributed by atoms with Crippen LogP contribution in [0.25, 0.3) is 11.0 Å². The van der Waals surface area contributed by atoms with Crippen LogP contribution in [0.1, 0.15) is 17.3 Å². The number of para-hydroxylation sites is 2. The summed E-state index contributed by atoms with van der Waals surface area (Å²) in [5, 5.41) is 2.87. The Hall–Kier alpha value is -3.22. The summed E-state index contributed by atoms with van der Waals surface area (Å²) in [6.45, 7) is 2.68. The first-order valence-corrected chi connectivity index (χ1v) is 8.20. The highest BCUT2D eigenvalue weighted by Crippen LogP contribution is 2.40. The molecule has 0 fully saturated rings. The van der Waals surface area contributed by atoms with E-state index in [1.807, 2.05) is 35.8 Å². The molecule has 2 aromatic carbocycles. The van der Waals surface area contributed by atoms with Gasteiger partial charge in [-0.05, 0) is 31.2 Å². The van der Waals surface area contributed by atoms with Crippen LogP contribution in [-0.2, 0) is 6.54 Å². The number of aromatic nitrogens is 2. The van der Waals surface area contributed by atoms with Crippen LogP contribution in [0.3, 0.4) is 0 Å². The standard InChI is InChI=1S/C19H21N3O4/c1-5-22-14-9-7-6-8-13(14)20-19(22)21-18(23)12-10-11-15(24-2)17(26-4)16(12)25-3/h6-11H,5H2,1-4H3,(H,20,21,23). The van der Waals surface area contributed by atoms with Gasteiger partial charge in [0.15, 0.2) is 11.5 Å². The monoisotopic (exact) mass is 355 g/mol. The largest absolute Gasteiger partial charge is 0.493 e. The zero-order valence-corrected chi connectivity index (χ0v) is 15.2. The first kappa shape index (κ1) is 17.6. The second kappa shape index (κ2) is 7.35. The third-order valence-electron chi connectivity index (χ3n) is 4.14. The number of benzene rings is 2. The third kappa shape index (κ3) is 2.92. The number of methoxy groups -OCH3 is 3. The molecule has 0 bridgehead atoms. The topological polar surface area (TPSA) is 74.6 Å². The molecule has 0 saturated heterocycles. The van der Waals surface area contributed by atoms with Crippen LogP contribution in [-0.4, -0.2) is 36.8 Å². The number of fused-ring (bicyclic) bond motifs is 1. The highest BCUT2D eigenvalue weighted by molar-refractivity contribution is 6.06. The second-order valence-electron chi connectivity index (χ2n) is 5.50. The Labute approximate surface area is 151 Å². The first-order valence-electron chi connectivity index (χ1n) is 8.20. The molecule has 7 heteroatoms. The molecule has 26 heavy (non-hydrogen) atoms. The molecule has 3 rings (SSSR count). The zero-order chi connectivity index (χ0) is 18.7. The van der Waals surface area contributed by atoms with Gasteiger partial charge in [0.25, 0.3) is 5.91 Å². The van der Waals surface area contributed by atoms with Crippen molar-refractivity contribution in [2.24, 2.45) is 0 Å². The van der Waals surface area contributed by atoms with Gasteiger partial charge in [0.05, 0.1) is 37.9 Å². The Morgan fingerprint density at radius 1 is 1.04 bits per heavy atom. The Kier molecular flexibility index (Phi) is 4.97. The lowest BCUT2D eigenvalue weighted by atomic mass is 10.1. The lowest BCUT2D eigenvalue weighted by Gasteiger charge is -2.15.